The molecule has 2 atom stereocenters. The van der Waals surface area contributed by atoms with Crippen molar-refractivity contribution in [1.29, 1.82) is 0 Å². The molecule has 0 aromatic heterocycles. The van der Waals surface area contributed by atoms with Crippen LogP contribution in [0.25, 0.3) is 6.08 Å². The van der Waals surface area contributed by atoms with E-state index in [9.17, 15) is 9.18 Å². The number of hydrogen-bond donors (Lipinski definition) is 1. The molecule has 0 radical (unpaired) electrons. The van der Waals surface area contributed by atoms with E-state index in [0.717, 1.165) is 24.7 Å². The third kappa shape index (κ3) is 3.18. The minimum Gasteiger partial charge on any atom is -0.478 e. The van der Waals surface area contributed by atoms with Crippen molar-refractivity contribution in [3.63, 3.8) is 0 Å². The fourth-order valence-corrected chi connectivity index (χ4v) is 2.72. The summed E-state index contributed by atoms with van der Waals surface area (Å²) < 4.78 is 14.0. The van der Waals surface area contributed by atoms with Crippen LogP contribution in [0, 0.1) is 11.7 Å². The molecule has 4 heteroatoms. The SMILES string of the molecule is CC1CCC(C)N(c2cccc(F)c2/C=C/C(=O)O)C1. The summed E-state index contributed by atoms with van der Waals surface area (Å²) in [6.07, 6.45) is 4.58. The molecule has 108 valence electrons. The fourth-order valence-electron chi connectivity index (χ4n) is 2.72. The smallest absolute Gasteiger partial charge is 0.328 e. The highest BCUT2D eigenvalue weighted by Gasteiger charge is 2.25. The van der Waals surface area contributed by atoms with Crippen molar-refractivity contribution in [3.8, 4) is 0 Å². The Bertz CT molecular complexity index is 527. The summed E-state index contributed by atoms with van der Waals surface area (Å²) in [5.74, 6) is -0.893. The van der Waals surface area contributed by atoms with Gasteiger partial charge in [0.05, 0.1) is 0 Å². The lowest BCUT2D eigenvalue weighted by Crippen LogP contribution is -2.41. The Kier molecular flexibility index (Phi) is 4.42. The Morgan fingerprint density at radius 2 is 2.15 bits per heavy atom. The van der Waals surface area contributed by atoms with E-state index >= 15 is 0 Å². The van der Waals surface area contributed by atoms with Crippen LogP contribution in [0.2, 0.25) is 0 Å². The average molecular weight is 277 g/mol. The van der Waals surface area contributed by atoms with Gasteiger partial charge in [0.15, 0.2) is 0 Å². The Labute approximate surface area is 118 Å². The van der Waals surface area contributed by atoms with Crippen molar-refractivity contribution in [2.45, 2.75) is 32.7 Å². The van der Waals surface area contributed by atoms with E-state index in [4.69, 9.17) is 5.11 Å². The molecule has 2 rings (SSSR count). The molecule has 1 heterocycles. The van der Waals surface area contributed by atoms with Crippen molar-refractivity contribution in [1.82, 2.24) is 0 Å². The first-order valence-corrected chi connectivity index (χ1v) is 6.95. The van der Waals surface area contributed by atoms with Crippen molar-refractivity contribution >= 4 is 17.7 Å². The number of carbonyl (C=O) groups is 1. The van der Waals surface area contributed by atoms with E-state index in [-0.39, 0.29) is 5.82 Å². The molecule has 1 fully saturated rings. The topological polar surface area (TPSA) is 40.5 Å². The Morgan fingerprint density at radius 3 is 2.85 bits per heavy atom. The summed E-state index contributed by atoms with van der Waals surface area (Å²) in [6, 6.07) is 5.24. The minimum atomic E-state index is -1.07. The van der Waals surface area contributed by atoms with Gasteiger partial charge < -0.3 is 10.0 Å². The second-order valence-electron chi connectivity index (χ2n) is 5.53. The first-order chi connectivity index (χ1) is 9.49. The van der Waals surface area contributed by atoms with Crippen LogP contribution in [-0.4, -0.2) is 23.7 Å². The lowest BCUT2D eigenvalue weighted by atomic mass is 9.93. The average Bonchev–Trinajstić information content (AvgIpc) is 2.40. The van der Waals surface area contributed by atoms with Crippen LogP contribution >= 0.6 is 0 Å². The van der Waals surface area contributed by atoms with Gasteiger partial charge in [0.2, 0.25) is 0 Å². The number of halogens is 1. The van der Waals surface area contributed by atoms with Gasteiger partial charge in [-0.3, -0.25) is 0 Å². The summed E-state index contributed by atoms with van der Waals surface area (Å²) in [5, 5.41) is 8.74. The molecule has 1 aliphatic heterocycles. The molecule has 1 N–H and O–H groups in total. The molecule has 0 aliphatic carbocycles. The predicted octanol–water partition coefficient (Wildman–Crippen LogP) is 3.55. The molecule has 1 saturated heterocycles. The molecule has 0 saturated carbocycles. The second-order valence-corrected chi connectivity index (χ2v) is 5.53. The summed E-state index contributed by atoms with van der Waals surface area (Å²) >= 11 is 0. The standard InChI is InChI=1S/C16H20FNO2/c1-11-6-7-12(2)18(10-11)15-5-3-4-14(17)13(15)8-9-16(19)20/h3-5,8-9,11-12H,6-7,10H2,1-2H3,(H,19,20)/b9-8+. The summed E-state index contributed by atoms with van der Waals surface area (Å²) in [7, 11) is 0. The van der Waals surface area contributed by atoms with Crippen molar-refractivity contribution < 1.29 is 14.3 Å². The minimum absolute atomic E-state index is 0.338. The number of aliphatic carboxylic acids is 1. The Balaban J connectivity index is 2.39. The first kappa shape index (κ1) is 14.6. The Hall–Kier alpha value is -1.84. The number of piperidine rings is 1. The van der Waals surface area contributed by atoms with Gasteiger partial charge in [-0.15, -0.1) is 0 Å². The van der Waals surface area contributed by atoms with Crippen LogP contribution in [0.15, 0.2) is 24.3 Å². The zero-order chi connectivity index (χ0) is 14.7. The van der Waals surface area contributed by atoms with E-state index in [0.29, 0.717) is 17.5 Å². The summed E-state index contributed by atoms with van der Waals surface area (Å²) in [5.41, 5.74) is 1.14. The maximum Gasteiger partial charge on any atom is 0.328 e. The molecule has 2 unspecified atom stereocenters. The highest BCUT2D eigenvalue weighted by atomic mass is 19.1. The monoisotopic (exact) mass is 277 g/mol. The quantitative estimate of drug-likeness (QED) is 0.859. The van der Waals surface area contributed by atoms with Gasteiger partial charge in [-0.25, -0.2) is 9.18 Å². The van der Waals surface area contributed by atoms with Crippen molar-refractivity contribution in [2.24, 2.45) is 5.92 Å². The molecule has 3 nitrogen and oxygen atoms in total. The van der Waals surface area contributed by atoms with Crippen molar-refractivity contribution in [2.75, 3.05) is 11.4 Å². The normalized spacial score (nSPS) is 23.2. The van der Waals surface area contributed by atoms with Crippen LogP contribution in [0.1, 0.15) is 32.3 Å². The van der Waals surface area contributed by atoms with Crippen LogP contribution < -0.4 is 4.90 Å². The summed E-state index contributed by atoms with van der Waals surface area (Å²) in [4.78, 5) is 12.8. The van der Waals surface area contributed by atoms with Gasteiger partial charge >= 0.3 is 5.97 Å². The molecule has 1 aromatic carbocycles. The van der Waals surface area contributed by atoms with Gasteiger partial charge in [0.1, 0.15) is 5.82 Å². The lowest BCUT2D eigenvalue weighted by Gasteiger charge is -2.39. The molecular weight excluding hydrogens is 257 g/mol. The Morgan fingerprint density at radius 1 is 1.40 bits per heavy atom. The third-order valence-electron chi connectivity index (χ3n) is 3.85. The molecule has 0 bridgehead atoms. The van der Waals surface area contributed by atoms with E-state index < -0.39 is 5.97 Å². The van der Waals surface area contributed by atoms with Crippen LogP contribution in [-0.2, 0) is 4.79 Å². The summed E-state index contributed by atoms with van der Waals surface area (Å²) in [6.45, 7) is 5.19. The van der Waals surface area contributed by atoms with Crippen LogP contribution in [0.5, 0.6) is 0 Å². The second kappa shape index (κ2) is 6.07. The first-order valence-electron chi connectivity index (χ1n) is 6.95. The molecule has 0 spiro atoms. The number of benzene rings is 1. The molecule has 0 amide bonds. The van der Waals surface area contributed by atoms with Gasteiger partial charge in [-0.05, 0) is 43.9 Å². The highest BCUT2D eigenvalue weighted by Crippen LogP contribution is 2.31. The largest absolute Gasteiger partial charge is 0.478 e. The zero-order valence-corrected chi connectivity index (χ0v) is 11.8. The van der Waals surface area contributed by atoms with E-state index in [1.165, 1.54) is 18.6 Å². The molecular formula is C16H20FNO2. The highest BCUT2D eigenvalue weighted by molar-refractivity contribution is 5.87. The third-order valence-corrected chi connectivity index (χ3v) is 3.85. The lowest BCUT2D eigenvalue weighted by molar-refractivity contribution is -0.131. The van der Waals surface area contributed by atoms with Gasteiger partial charge in [0, 0.05) is 29.9 Å². The van der Waals surface area contributed by atoms with Crippen molar-refractivity contribution in [3.05, 3.63) is 35.7 Å². The molecule has 1 aliphatic rings. The van der Waals surface area contributed by atoms with E-state index in [1.807, 2.05) is 6.07 Å². The maximum absolute atomic E-state index is 14.0. The zero-order valence-electron chi connectivity index (χ0n) is 11.8. The van der Waals surface area contributed by atoms with E-state index in [1.54, 1.807) is 6.07 Å². The van der Waals surface area contributed by atoms with Crippen LogP contribution in [0.4, 0.5) is 10.1 Å². The fraction of sp³-hybridized carbons (Fsp3) is 0.438. The number of carboxylic acids is 1. The van der Waals surface area contributed by atoms with Gasteiger partial charge in [-0.1, -0.05) is 13.0 Å². The predicted molar refractivity (Wildman–Crippen MR) is 78.3 cm³/mol. The maximum atomic E-state index is 14.0. The van der Waals surface area contributed by atoms with Crippen LogP contribution in [0.3, 0.4) is 0 Å². The van der Waals surface area contributed by atoms with Gasteiger partial charge in [-0.2, -0.15) is 0 Å². The number of anilines is 1. The van der Waals surface area contributed by atoms with Gasteiger partial charge in [0.25, 0.3) is 0 Å². The number of carboxylic acid groups (broad SMARTS) is 1. The van der Waals surface area contributed by atoms with E-state index in [2.05, 4.69) is 18.7 Å². The molecule has 1 aromatic rings. The number of hydrogen-bond acceptors (Lipinski definition) is 2. The number of rotatable bonds is 3. The number of nitrogens with zero attached hydrogens (tertiary/aromatic N) is 1. The molecule has 20 heavy (non-hydrogen) atoms.